The minimum atomic E-state index is -0.398. The molecule has 0 spiro atoms. The van der Waals surface area contributed by atoms with E-state index in [1.807, 2.05) is 31.2 Å². The maximum atomic E-state index is 12.4. The monoisotopic (exact) mass is 347 g/mol. The molecule has 2 rings (SSSR count). The number of nitrogens with one attached hydrogen (secondary N) is 3. The Morgan fingerprint density at radius 2 is 2.16 bits per heavy atom. The zero-order valence-corrected chi connectivity index (χ0v) is 15.1. The van der Waals surface area contributed by atoms with Gasteiger partial charge in [0.05, 0.1) is 19.1 Å². The van der Waals surface area contributed by atoms with Crippen LogP contribution in [0.2, 0.25) is 0 Å². The summed E-state index contributed by atoms with van der Waals surface area (Å²) in [5.74, 6) is 0.955. The van der Waals surface area contributed by atoms with Crippen molar-refractivity contribution in [2.24, 2.45) is 5.92 Å². The number of piperidine rings is 1. The number of rotatable bonds is 8. The molecule has 0 saturated carbocycles. The van der Waals surface area contributed by atoms with Crippen molar-refractivity contribution in [2.75, 3.05) is 26.2 Å². The van der Waals surface area contributed by atoms with Gasteiger partial charge in [-0.3, -0.25) is 9.59 Å². The molecule has 2 amide bonds. The van der Waals surface area contributed by atoms with Crippen molar-refractivity contribution >= 4 is 11.8 Å². The van der Waals surface area contributed by atoms with E-state index in [1.54, 1.807) is 0 Å². The lowest BCUT2D eigenvalue weighted by molar-refractivity contribution is -0.123. The molecule has 1 fully saturated rings. The second-order valence-electron chi connectivity index (χ2n) is 6.44. The largest absolute Gasteiger partial charge is 0.494 e. The Kier molecular flexibility index (Phi) is 7.73. The van der Waals surface area contributed by atoms with Crippen molar-refractivity contribution in [3.05, 3.63) is 29.8 Å². The third-order valence-corrected chi connectivity index (χ3v) is 4.35. The number of benzene rings is 1. The minimum absolute atomic E-state index is 0.0596. The van der Waals surface area contributed by atoms with Gasteiger partial charge >= 0.3 is 0 Å². The van der Waals surface area contributed by atoms with E-state index in [1.165, 1.54) is 6.92 Å². The molecule has 138 valence electrons. The molecule has 25 heavy (non-hydrogen) atoms. The van der Waals surface area contributed by atoms with E-state index in [0.717, 1.165) is 31.5 Å². The molecule has 1 saturated heterocycles. The van der Waals surface area contributed by atoms with Gasteiger partial charge in [-0.05, 0) is 44.8 Å². The third-order valence-electron chi connectivity index (χ3n) is 4.35. The Balaban J connectivity index is 1.99. The molecule has 1 aromatic carbocycles. The number of carbonyl (C=O) groups is 2. The third kappa shape index (κ3) is 6.38. The number of hydrogen-bond acceptors (Lipinski definition) is 4. The van der Waals surface area contributed by atoms with Crippen LogP contribution in [0.3, 0.4) is 0 Å². The molecule has 6 nitrogen and oxygen atoms in total. The molecule has 6 heteroatoms. The topological polar surface area (TPSA) is 79.5 Å². The summed E-state index contributed by atoms with van der Waals surface area (Å²) in [6.07, 6.45) is 2.48. The summed E-state index contributed by atoms with van der Waals surface area (Å²) in [7, 11) is 0. The number of amides is 2. The molecule has 1 aliphatic rings. The van der Waals surface area contributed by atoms with Crippen LogP contribution in [-0.2, 0) is 9.59 Å². The average Bonchev–Trinajstić information content (AvgIpc) is 2.61. The Morgan fingerprint density at radius 3 is 2.84 bits per heavy atom. The predicted molar refractivity (Wildman–Crippen MR) is 97.4 cm³/mol. The molecular weight excluding hydrogens is 318 g/mol. The molecule has 0 radical (unpaired) electrons. The fraction of sp³-hybridized carbons (Fsp3) is 0.579. The van der Waals surface area contributed by atoms with Crippen LogP contribution in [0.25, 0.3) is 0 Å². The van der Waals surface area contributed by atoms with Crippen LogP contribution in [-0.4, -0.2) is 38.1 Å². The summed E-state index contributed by atoms with van der Waals surface area (Å²) in [6, 6.07) is 7.13. The first-order valence-corrected chi connectivity index (χ1v) is 9.06. The molecule has 3 N–H and O–H groups in total. The quantitative estimate of drug-likeness (QED) is 0.670. The van der Waals surface area contributed by atoms with Crippen LogP contribution >= 0.6 is 0 Å². The number of ether oxygens (including phenoxy) is 1. The summed E-state index contributed by atoms with van der Waals surface area (Å²) in [6.45, 7) is 6.58. The highest BCUT2D eigenvalue weighted by molar-refractivity contribution is 5.79. The summed E-state index contributed by atoms with van der Waals surface area (Å²) in [4.78, 5) is 24.0. The van der Waals surface area contributed by atoms with Crippen molar-refractivity contribution in [1.29, 1.82) is 0 Å². The number of para-hydroxylation sites is 1. The van der Waals surface area contributed by atoms with Gasteiger partial charge in [-0.25, -0.2) is 0 Å². The van der Waals surface area contributed by atoms with Crippen molar-refractivity contribution < 1.29 is 14.3 Å². The van der Waals surface area contributed by atoms with Crippen LogP contribution < -0.4 is 20.7 Å². The van der Waals surface area contributed by atoms with E-state index in [-0.39, 0.29) is 18.2 Å². The summed E-state index contributed by atoms with van der Waals surface area (Å²) in [5.41, 5.74) is 0.828. The van der Waals surface area contributed by atoms with Crippen LogP contribution in [0.15, 0.2) is 24.3 Å². The molecular formula is C19H29N3O3. The first-order chi connectivity index (χ1) is 12.1. The van der Waals surface area contributed by atoms with Crippen molar-refractivity contribution in [1.82, 2.24) is 16.0 Å². The van der Waals surface area contributed by atoms with Gasteiger partial charge in [-0.2, -0.15) is 0 Å². The lowest BCUT2D eigenvalue weighted by Gasteiger charge is -2.24. The van der Waals surface area contributed by atoms with Crippen LogP contribution in [0, 0.1) is 5.92 Å². The van der Waals surface area contributed by atoms with E-state index in [9.17, 15) is 9.59 Å². The van der Waals surface area contributed by atoms with E-state index < -0.39 is 6.04 Å². The normalized spacial score (nSPS) is 18.2. The average molecular weight is 347 g/mol. The van der Waals surface area contributed by atoms with Gasteiger partial charge in [0, 0.05) is 19.0 Å². The molecule has 2 unspecified atom stereocenters. The maximum Gasteiger partial charge on any atom is 0.222 e. The van der Waals surface area contributed by atoms with Crippen molar-refractivity contribution in [3.63, 3.8) is 0 Å². The maximum absolute atomic E-state index is 12.4. The molecule has 2 atom stereocenters. The van der Waals surface area contributed by atoms with Crippen molar-refractivity contribution in [3.8, 4) is 5.75 Å². The lowest BCUT2D eigenvalue weighted by atomic mass is 9.99. The zero-order chi connectivity index (χ0) is 18.1. The first kappa shape index (κ1) is 19.2. The molecule has 1 heterocycles. The highest BCUT2D eigenvalue weighted by Gasteiger charge is 2.21. The summed E-state index contributed by atoms with van der Waals surface area (Å²) < 4.78 is 5.64. The van der Waals surface area contributed by atoms with Crippen molar-refractivity contribution in [2.45, 2.75) is 39.2 Å². The van der Waals surface area contributed by atoms with E-state index in [4.69, 9.17) is 4.74 Å². The predicted octanol–water partition coefficient (Wildman–Crippen LogP) is 1.77. The SMILES string of the molecule is CCOc1ccccc1C(CC(=O)NCC1CCCNC1)NC(C)=O. The molecule has 0 bridgehead atoms. The van der Waals surface area contributed by atoms with E-state index >= 15 is 0 Å². The second kappa shape index (κ2) is 10.0. The minimum Gasteiger partial charge on any atom is -0.494 e. The van der Waals surface area contributed by atoms with Gasteiger partial charge in [0.1, 0.15) is 5.75 Å². The fourth-order valence-electron chi connectivity index (χ4n) is 3.15. The molecule has 1 aliphatic heterocycles. The van der Waals surface area contributed by atoms with Gasteiger partial charge in [0.15, 0.2) is 0 Å². The van der Waals surface area contributed by atoms with Crippen LogP contribution in [0.4, 0.5) is 0 Å². The Hall–Kier alpha value is -2.08. The Bertz CT molecular complexity index is 571. The molecule has 0 aliphatic carbocycles. The molecule has 1 aromatic rings. The highest BCUT2D eigenvalue weighted by atomic mass is 16.5. The van der Waals surface area contributed by atoms with Gasteiger partial charge in [-0.1, -0.05) is 18.2 Å². The first-order valence-electron chi connectivity index (χ1n) is 9.06. The smallest absolute Gasteiger partial charge is 0.222 e. The Morgan fingerprint density at radius 1 is 1.36 bits per heavy atom. The van der Waals surface area contributed by atoms with E-state index in [2.05, 4.69) is 16.0 Å². The van der Waals surface area contributed by atoms with Gasteiger partial charge in [0.25, 0.3) is 0 Å². The second-order valence-corrected chi connectivity index (χ2v) is 6.44. The Labute approximate surface area is 149 Å². The fourth-order valence-corrected chi connectivity index (χ4v) is 3.15. The lowest BCUT2D eigenvalue weighted by Crippen LogP contribution is -2.39. The van der Waals surface area contributed by atoms with Gasteiger partial charge in [0.2, 0.25) is 11.8 Å². The standard InChI is InChI=1S/C19H29N3O3/c1-3-25-18-9-5-4-8-16(18)17(22-14(2)23)11-19(24)21-13-15-7-6-10-20-12-15/h4-5,8-9,15,17,20H,3,6-7,10-13H2,1-2H3,(H,21,24)(H,22,23). The van der Waals surface area contributed by atoms with Gasteiger partial charge in [-0.15, -0.1) is 0 Å². The number of carbonyl (C=O) groups excluding carboxylic acids is 2. The van der Waals surface area contributed by atoms with Crippen LogP contribution in [0.5, 0.6) is 5.75 Å². The highest BCUT2D eigenvalue weighted by Crippen LogP contribution is 2.27. The zero-order valence-electron chi connectivity index (χ0n) is 15.1. The van der Waals surface area contributed by atoms with E-state index in [0.29, 0.717) is 24.8 Å². The summed E-state index contributed by atoms with van der Waals surface area (Å²) >= 11 is 0. The van der Waals surface area contributed by atoms with Crippen LogP contribution in [0.1, 0.15) is 44.7 Å². The summed E-state index contributed by atoms with van der Waals surface area (Å²) in [5, 5.41) is 9.23. The number of hydrogen-bond donors (Lipinski definition) is 3. The molecule has 0 aromatic heterocycles. The van der Waals surface area contributed by atoms with Gasteiger partial charge < -0.3 is 20.7 Å².